The Morgan fingerprint density at radius 1 is 1.50 bits per heavy atom. The molecule has 0 radical (unpaired) electrons. The van der Waals surface area contributed by atoms with E-state index in [4.69, 9.17) is 0 Å². The van der Waals surface area contributed by atoms with E-state index in [1.165, 1.54) is 5.56 Å². The highest BCUT2D eigenvalue weighted by Gasteiger charge is 2.25. The molecule has 4 nitrogen and oxygen atoms in total. The molecule has 0 spiro atoms. The second-order valence-electron chi connectivity index (χ2n) is 4.91. The van der Waals surface area contributed by atoms with Crippen LogP contribution in [0, 0.1) is 6.92 Å². The van der Waals surface area contributed by atoms with Crippen molar-refractivity contribution in [2.45, 2.75) is 25.9 Å². The first-order valence-electron chi connectivity index (χ1n) is 6.73. The zero-order chi connectivity index (χ0) is 13.9. The topological polar surface area (TPSA) is 54.0 Å². The second-order valence-corrected chi connectivity index (χ2v) is 5.85. The molecule has 1 unspecified atom stereocenters. The second kappa shape index (κ2) is 5.73. The lowest BCUT2D eigenvalue weighted by atomic mass is 9.94. The van der Waals surface area contributed by atoms with Crippen molar-refractivity contribution < 1.29 is 4.79 Å². The van der Waals surface area contributed by atoms with Crippen molar-refractivity contribution >= 4 is 17.2 Å². The van der Waals surface area contributed by atoms with E-state index in [1.54, 1.807) is 11.3 Å². The number of carbonyl (C=O) groups is 1. The smallest absolute Gasteiger partial charge is 0.242 e. The quantitative estimate of drug-likeness (QED) is 0.907. The summed E-state index contributed by atoms with van der Waals surface area (Å²) in [4.78, 5) is 17.7. The molecule has 1 amide bonds. The number of amides is 1. The van der Waals surface area contributed by atoms with Crippen molar-refractivity contribution in [2.75, 3.05) is 6.54 Å². The molecule has 1 aliphatic heterocycles. The summed E-state index contributed by atoms with van der Waals surface area (Å²) in [6.45, 7) is 3.36. The number of rotatable bonds is 3. The summed E-state index contributed by atoms with van der Waals surface area (Å²) in [6.07, 6.45) is 0.980. The fourth-order valence-corrected chi connectivity index (χ4v) is 3.22. The van der Waals surface area contributed by atoms with Gasteiger partial charge in [-0.25, -0.2) is 4.98 Å². The molecule has 1 aromatic heterocycles. The molecule has 1 aromatic carbocycles. The summed E-state index contributed by atoms with van der Waals surface area (Å²) in [7, 11) is 0. The molecule has 1 atom stereocenters. The van der Waals surface area contributed by atoms with Gasteiger partial charge in [0.05, 0.1) is 17.7 Å². The molecule has 3 rings (SSSR count). The van der Waals surface area contributed by atoms with Crippen molar-refractivity contribution in [1.82, 2.24) is 15.6 Å². The zero-order valence-electron chi connectivity index (χ0n) is 11.3. The Morgan fingerprint density at radius 2 is 2.35 bits per heavy atom. The average Bonchev–Trinajstić information content (AvgIpc) is 2.89. The van der Waals surface area contributed by atoms with Crippen LogP contribution in [0.1, 0.15) is 27.7 Å². The summed E-state index contributed by atoms with van der Waals surface area (Å²) in [5.41, 5.74) is 5.16. The van der Waals surface area contributed by atoms with Crippen molar-refractivity contribution in [3.8, 4) is 0 Å². The van der Waals surface area contributed by atoms with Gasteiger partial charge in [0.1, 0.15) is 6.04 Å². The highest BCUT2D eigenvalue weighted by atomic mass is 32.1. The van der Waals surface area contributed by atoms with Crippen molar-refractivity contribution in [1.29, 1.82) is 0 Å². The van der Waals surface area contributed by atoms with Gasteiger partial charge in [0.2, 0.25) is 5.91 Å². The van der Waals surface area contributed by atoms with Gasteiger partial charge in [0.25, 0.3) is 0 Å². The van der Waals surface area contributed by atoms with E-state index >= 15 is 0 Å². The number of benzene rings is 1. The van der Waals surface area contributed by atoms with E-state index in [0.717, 1.165) is 29.1 Å². The third-order valence-electron chi connectivity index (χ3n) is 3.64. The highest BCUT2D eigenvalue weighted by molar-refractivity contribution is 7.09. The van der Waals surface area contributed by atoms with Crippen LogP contribution in [0.2, 0.25) is 0 Å². The van der Waals surface area contributed by atoms with Crippen LogP contribution in [0.5, 0.6) is 0 Å². The van der Waals surface area contributed by atoms with Crippen LogP contribution in [0.4, 0.5) is 0 Å². The van der Waals surface area contributed by atoms with E-state index < -0.39 is 0 Å². The third-order valence-corrected chi connectivity index (χ3v) is 4.57. The lowest BCUT2D eigenvalue weighted by Crippen LogP contribution is -2.41. The maximum absolute atomic E-state index is 12.4. The summed E-state index contributed by atoms with van der Waals surface area (Å²) in [5.74, 6) is 0.0324. The first-order valence-corrected chi connectivity index (χ1v) is 7.61. The number of hydrogen-bond acceptors (Lipinski definition) is 4. The molecule has 1 aliphatic rings. The molecule has 0 saturated carbocycles. The fourth-order valence-electron chi connectivity index (χ4n) is 2.50. The maximum atomic E-state index is 12.4. The standard InChI is InChI=1S/C15H17N3OS/c1-10-13(20-9-18-10)8-17-15(19)14-12-5-3-2-4-11(12)6-7-16-14/h2-5,9,14,16H,6-8H2,1H3,(H,17,19). The van der Waals surface area contributed by atoms with Gasteiger partial charge in [-0.05, 0) is 24.5 Å². The fraction of sp³-hybridized carbons (Fsp3) is 0.333. The number of carbonyl (C=O) groups excluding carboxylic acids is 1. The number of aryl methyl sites for hydroxylation is 1. The first kappa shape index (κ1) is 13.3. The van der Waals surface area contributed by atoms with Crippen LogP contribution in [0.3, 0.4) is 0 Å². The van der Waals surface area contributed by atoms with Crippen LogP contribution in [0.25, 0.3) is 0 Å². The molecule has 0 saturated heterocycles. The van der Waals surface area contributed by atoms with Crippen LogP contribution in [-0.4, -0.2) is 17.4 Å². The number of thiazole rings is 1. The number of fused-ring (bicyclic) bond motifs is 1. The zero-order valence-corrected chi connectivity index (χ0v) is 12.2. The Bertz CT molecular complexity index is 623. The Balaban J connectivity index is 1.71. The minimum Gasteiger partial charge on any atom is -0.349 e. The lowest BCUT2D eigenvalue weighted by molar-refractivity contribution is -0.123. The van der Waals surface area contributed by atoms with Crippen molar-refractivity contribution in [3.63, 3.8) is 0 Å². The first-order chi connectivity index (χ1) is 9.75. The monoisotopic (exact) mass is 287 g/mol. The van der Waals surface area contributed by atoms with E-state index in [-0.39, 0.29) is 11.9 Å². The normalized spacial score (nSPS) is 17.6. The van der Waals surface area contributed by atoms with E-state index in [2.05, 4.69) is 21.7 Å². The van der Waals surface area contributed by atoms with Crippen LogP contribution in [-0.2, 0) is 17.8 Å². The van der Waals surface area contributed by atoms with Gasteiger partial charge in [-0.2, -0.15) is 0 Å². The van der Waals surface area contributed by atoms with Gasteiger partial charge in [-0.15, -0.1) is 11.3 Å². The molecule has 104 valence electrons. The highest BCUT2D eigenvalue weighted by Crippen LogP contribution is 2.23. The van der Waals surface area contributed by atoms with Crippen LogP contribution < -0.4 is 10.6 Å². The predicted molar refractivity (Wildman–Crippen MR) is 79.6 cm³/mol. The Labute approximate surface area is 122 Å². The molecule has 2 aromatic rings. The number of nitrogens with zero attached hydrogens (tertiary/aromatic N) is 1. The summed E-state index contributed by atoms with van der Waals surface area (Å²) < 4.78 is 0. The summed E-state index contributed by atoms with van der Waals surface area (Å²) in [5, 5.41) is 6.30. The minimum absolute atomic E-state index is 0.0324. The van der Waals surface area contributed by atoms with E-state index in [9.17, 15) is 4.79 Å². The Kier molecular flexibility index (Phi) is 3.80. The molecule has 20 heavy (non-hydrogen) atoms. The lowest BCUT2D eigenvalue weighted by Gasteiger charge is -2.26. The molecule has 2 N–H and O–H groups in total. The number of aromatic nitrogens is 1. The van der Waals surface area contributed by atoms with Gasteiger partial charge < -0.3 is 10.6 Å². The molecule has 0 fully saturated rings. The van der Waals surface area contributed by atoms with Gasteiger partial charge in [-0.1, -0.05) is 24.3 Å². The van der Waals surface area contributed by atoms with E-state index in [0.29, 0.717) is 6.54 Å². The minimum atomic E-state index is -0.242. The molecular formula is C15H17N3OS. The van der Waals surface area contributed by atoms with E-state index in [1.807, 2.05) is 30.6 Å². The number of hydrogen-bond donors (Lipinski definition) is 2. The molecule has 0 bridgehead atoms. The third kappa shape index (κ3) is 2.59. The number of nitrogens with one attached hydrogen (secondary N) is 2. The largest absolute Gasteiger partial charge is 0.349 e. The summed E-state index contributed by atoms with van der Waals surface area (Å²) >= 11 is 1.58. The molecule has 0 aliphatic carbocycles. The average molecular weight is 287 g/mol. The predicted octanol–water partition coefficient (Wildman–Crippen LogP) is 1.95. The molecule has 5 heteroatoms. The maximum Gasteiger partial charge on any atom is 0.242 e. The van der Waals surface area contributed by atoms with Crippen LogP contribution in [0.15, 0.2) is 29.8 Å². The Morgan fingerprint density at radius 3 is 3.15 bits per heavy atom. The summed E-state index contributed by atoms with van der Waals surface area (Å²) in [6, 6.07) is 7.90. The van der Waals surface area contributed by atoms with Crippen molar-refractivity contribution in [3.05, 3.63) is 51.5 Å². The van der Waals surface area contributed by atoms with Crippen molar-refractivity contribution in [2.24, 2.45) is 0 Å². The van der Waals surface area contributed by atoms with Crippen LogP contribution >= 0.6 is 11.3 Å². The van der Waals surface area contributed by atoms with Gasteiger partial charge in [0.15, 0.2) is 0 Å². The molecule has 2 heterocycles. The van der Waals surface area contributed by atoms with Gasteiger partial charge in [0, 0.05) is 11.4 Å². The Hall–Kier alpha value is -1.72. The SMILES string of the molecule is Cc1ncsc1CNC(=O)C1NCCc2ccccc21. The van der Waals surface area contributed by atoms with Gasteiger partial charge >= 0.3 is 0 Å². The van der Waals surface area contributed by atoms with Gasteiger partial charge in [-0.3, -0.25) is 4.79 Å². The molecular weight excluding hydrogens is 270 g/mol.